The van der Waals surface area contributed by atoms with Gasteiger partial charge >= 0.3 is 23.9 Å². The molecule has 1 aromatic carbocycles. The quantitative estimate of drug-likeness (QED) is 0.0490. The maximum atomic E-state index is 13.9. The molecule has 0 radical (unpaired) electrons. The Hall–Kier alpha value is -5.35. The summed E-state index contributed by atoms with van der Waals surface area (Å²) in [4.78, 5) is 97.7. The van der Waals surface area contributed by atoms with Crippen molar-refractivity contribution in [2.45, 2.75) is 143 Å². The number of carbonyl (C=O) groups excluding carboxylic acids is 6. The maximum absolute atomic E-state index is 13.9. The van der Waals surface area contributed by atoms with Gasteiger partial charge in [-0.05, 0) is 107 Å². The molecule has 360 valence electrons. The summed E-state index contributed by atoms with van der Waals surface area (Å²) in [5.41, 5.74) is -2.32. The number of imidazole rings is 2. The second kappa shape index (κ2) is 23.7. The van der Waals surface area contributed by atoms with Crippen LogP contribution in [0.25, 0.3) is 0 Å². The lowest BCUT2D eigenvalue weighted by molar-refractivity contribution is -0.195. The van der Waals surface area contributed by atoms with Gasteiger partial charge in [0.2, 0.25) is 11.8 Å². The molecule has 0 spiro atoms. The Morgan fingerprint density at radius 2 is 0.938 bits per heavy atom. The number of carbonyl (C=O) groups is 6. The first-order valence-corrected chi connectivity index (χ1v) is 21.8. The van der Waals surface area contributed by atoms with Crippen molar-refractivity contribution in [3.05, 3.63) is 66.3 Å². The van der Waals surface area contributed by atoms with E-state index < -0.39 is 84.3 Å². The number of amides is 2. The van der Waals surface area contributed by atoms with Crippen LogP contribution in [0.4, 0.5) is 0 Å². The normalized spacial score (nSPS) is 12.2. The number of hydrogen-bond acceptors (Lipinski definition) is 17. The van der Waals surface area contributed by atoms with Gasteiger partial charge in [0, 0.05) is 36.2 Å². The average molecular weight is 931 g/mol. The Morgan fingerprint density at radius 3 is 1.26 bits per heavy atom. The molecule has 20 nitrogen and oxygen atoms in total. The SMILES string of the molecule is CC(C)(C)OC(=O)CN(CC(=O)OC(C)(C)C)C(=O)Cn1ccnc1CN(CCc1ccc(SOON)cc1)Cc1nccn1CC(=O)N(CC(=O)OC(C)(C)C)CC(=O)OC(C)(C)C. The highest BCUT2D eigenvalue weighted by atomic mass is 32.2. The molecule has 3 rings (SSSR count). The van der Waals surface area contributed by atoms with E-state index in [1.165, 1.54) is 0 Å². The van der Waals surface area contributed by atoms with Crippen molar-refractivity contribution in [3.8, 4) is 0 Å². The summed E-state index contributed by atoms with van der Waals surface area (Å²) in [6.07, 6.45) is 6.88. The van der Waals surface area contributed by atoms with E-state index in [0.29, 0.717) is 24.6 Å². The van der Waals surface area contributed by atoms with Crippen LogP contribution >= 0.6 is 12.0 Å². The fraction of sp³-hybridized carbons (Fsp3) is 0.591. The molecule has 0 fully saturated rings. The largest absolute Gasteiger partial charge is 0.459 e. The number of ether oxygens (including phenoxy) is 4. The fourth-order valence-corrected chi connectivity index (χ4v) is 6.38. The molecular formula is C44H66N8O12S. The van der Waals surface area contributed by atoms with Crippen molar-refractivity contribution in [3.63, 3.8) is 0 Å². The standard InChI is InChI=1S/C44H66N8O12S/c1-41(2,3)59-37(55)27-51(28-38(56)60-42(4,5)6)35(53)25-49-21-18-46-33(49)23-48(20-17-31-13-15-32(16-14-31)65-64-63-45)24-34-47-19-22-50(34)26-36(54)52(29-39(57)61-43(7,8)9)30-40(58)62-44(10,11)12/h13-16,18-19,21-22H,17,20,23-30,45H2,1-12H3. The van der Waals surface area contributed by atoms with Gasteiger partial charge in [0.1, 0.15) is 73.3 Å². The zero-order valence-corrected chi connectivity index (χ0v) is 40.5. The molecule has 2 heterocycles. The van der Waals surface area contributed by atoms with Gasteiger partial charge in [0.15, 0.2) is 0 Å². The molecule has 65 heavy (non-hydrogen) atoms. The van der Waals surface area contributed by atoms with Crippen molar-refractivity contribution < 1.29 is 57.0 Å². The maximum Gasteiger partial charge on any atom is 0.326 e. The van der Waals surface area contributed by atoms with E-state index in [-0.39, 0.29) is 26.2 Å². The summed E-state index contributed by atoms with van der Waals surface area (Å²) in [6.45, 7) is 18.8. The first-order chi connectivity index (χ1) is 30.1. The van der Waals surface area contributed by atoms with Crippen LogP contribution in [0.1, 0.15) is 100 Å². The fourth-order valence-electron chi connectivity index (χ4n) is 6.02. The van der Waals surface area contributed by atoms with E-state index >= 15 is 0 Å². The highest BCUT2D eigenvalue weighted by Gasteiger charge is 2.29. The summed E-state index contributed by atoms with van der Waals surface area (Å²) in [7, 11) is 0. The molecule has 2 N–H and O–H groups in total. The molecule has 0 saturated heterocycles. The topological polar surface area (TPSA) is 229 Å². The van der Waals surface area contributed by atoms with Crippen LogP contribution in [0.2, 0.25) is 0 Å². The Labute approximate surface area is 385 Å². The van der Waals surface area contributed by atoms with Crippen molar-refractivity contribution in [1.29, 1.82) is 0 Å². The number of benzene rings is 1. The van der Waals surface area contributed by atoms with Gasteiger partial charge in [-0.15, -0.1) is 9.32 Å². The van der Waals surface area contributed by atoms with Crippen molar-refractivity contribution in [2.24, 2.45) is 5.90 Å². The molecule has 0 aliphatic heterocycles. The minimum atomic E-state index is -0.824. The highest BCUT2D eigenvalue weighted by molar-refractivity contribution is 7.94. The van der Waals surface area contributed by atoms with Crippen LogP contribution in [0.15, 0.2) is 53.9 Å². The molecule has 0 atom stereocenters. The Kier molecular flexibility index (Phi) is 19.7. The Bertz CT molecular complexity index is 1880. The van der Waals surface area contributed by atoms with Crippen LogP contribution in [0.5, 0.6) is 0 Å². The second-order valence-corrected chi connectivity index (χ2v) is 19.9. The summed E-state index contributed by atoms with van der Waals surface area (Å²) in [5.74, 6) is 2.08. The molecular weight excluding hydrogens is 865 g/mol. The van der Waals surface area contributed by atoms with Gasteiger partial charge in [0.05, 0.1) is 25.1 Å². The average Bonchev–Trinajstić information content (AvgIpc) is 3.77. The van der Waals surface area contributed by atoms with Gasteiger partial charge in [-0.25, -0.2) is 9.97 Å². The predicted molar refractivity (Wildman–Crippen MR) is 237 cm³/mol. The summed E-state index contributed by atoms with van der Waals surface area (Å²) < 4.78 is 29.9. The Balaban J connectivity index is 1.91. The van der Waals surface area contributed by atoms with Crippen LogP contribution < -0.4 is 5.90 Å². The third kappa shape index (κ3) is 21.5. The number of hydrogen-bond donors (Lipinski definition) is 1. The van der Waals surface area contributed by atoms with Crippen molar-refractivity contribution in [2.75, 3.05) is 32.7 Å². The Morgan fingerprint density at radius 1 is 0.585 bits per heavy atom. The van der Waals surface area contributed by atoms with Crippen LogP contribution in [-0.4, -0.2) is 125 Å². The van der Waals surface area contributed by atoms with E-state index in [1.807, 2.05) is 29.2 Å². The molecule has 21 heteroatoms. The van der Waals surface area contributed by atoms with E-state index in [0.717, 1.165) is 32.3 Å². The van der Waals surface area contributed by atoms with E-state index in [2.05, 4.69) is 15.0 Å². The van der Waals surface area contributed by atoms with Crippen molar-refractivity contribution in [1.82, 2.24) is 33.8 Å². The van der Waals surface area contributed by atoms with Crippen LogP contribution in [-0.2, 0) is 89.6 Å². The summed E-state index contributed by atoms with van der Waals surface area (Å²) in [5, 5.41) is 0. The lowest BCUT2D eigenvalue weighted by Gasteiger charge is -2.27. The van der Waals surface area contributed by atoms with E-state index in [9.17, 15) is 28.8 Å². The number of aromatic nitrogens is 4. The molecule has 0 bridgehead atoms. The number of esters is 4. The third-order valence-electron chi connectivity index (χ3n) is 8.42. The minimum Gasteiger partial charge on any atom is -0.459 e. The number of nitrogens with two attached hydrogens (primary N) is 1. The molecule has 0 unspecified atom stereocenters. The number of rotatable bonds is 22. The second-order valence-electron chi connectivity index (χ2n) is 19.1. The zero-order valence-electron chi connectivity index (χ0n) is 39.7. The van der Waals surface area contributed by atoms with E-state index in [1.54, 1.807) is 117 Å². The van der Waals surface area contributed by atoms with Gasteiger partial charge in [-0.3, -0.25) is 33.7 Å². The molecule has 0 aliphatic carbocycles. The van der Waals surface area contributed by atoms with Gasteiger partial charge in [-0.2, -0.15) is 5.90 Å². The van der Waals surface area contributed by atoms with Gasteiger partial charge < -0.3 is 37.9 Å². The van der Waals surface area contributed by atoms with E-state index in [4.69, 9.17) is 29.2 Å². The zero-order chi connectivity index (χ0) is 48.8. The molecule has 0 aliphatic rings. The van der Waals surface area contributed by atoms with Gasteiger partial charge in [0.25, 0.3) is 0 Å². The molecule has 3 aromatic rings. The molecule has 0 saturated carbocycles. The predicted octanol–water partition coefficient (Wildman–Crippen LogP) is 4.18. The third-order valence-corrected chi connectivity index (χ3v) is 9.03. The smallest absolute Gasteiger partial charge is 0.326 e. The monoisotopic (exact) mass is 930 g/mol. The lowest BCUT2D eigenvalue weighted by atomic mass is 10.1. The minimum absolute atomic E-state index is 0.193. The highest BCUT2D eigenvalue weighted by Crippen LogP contribution is 2.20. The van der Waals surface area contributed by atoms with Crippen molar-refractivity contribution >= 4 is 47.7 Å². The summed E-state index contributed by atoms with van der Waals surface area (Å²) >= 11 is 0.953. The molecule has 2 aromatic heterocycles. The molecule has 2 amide bonds. The van der Waals surface area contributed by atoms with Gasteiger partial charge in [-0.1, -0.05) is 12.1 Å². The van der Waals surface area contributed by atoms with Crippen LogP contribution in [0, 0.1) is 0 Å². The summed E-state index contributed by atoms with van der Waals surface area (Å²) in [6, 6.07) is 7.54. The first-order valence-electron chi connectivity index (χ1n) is 21.0. The number of nitrogens with zero attached hydrogens (tertiary/aromatic N) is 7. The lowest BCUT2D eigenvalue weighted by Crippen LogP contribution is -2.44. The van der Waals surface area contributed by atoms with Crippen LogP contribution in [0.3, 0.4) is 0 Å². The first kappa shape index (κ1) is 54.0.